The van der Waals surface area contributed by atoms with Gasteiger partial charge in [-0.15, -0.1) is 0 Å². The van der Waals surface area contributed by atoms with E-state index in [1.807, 2.05) is 24.3 Å². The Labute approximate surface area is 184 Å². The lowest BCUT2D eigenvalue weighted by atomic mass is 10.1. The largest absolute Gasteiger partial charge is 0.372 e. The molecule has 0 bridgehead atoms. The van der Waals surface area contributed by atoms with Crippen molar-refractivity contribution in [3.63, 3.8) is 0 Å². The van der Waals surface area contributed by atoms with Gasteiger partial charge in [-0.3, -0.25) is 14.7 Å². The molecule has 0 aliphatic carbocycles. The summed E-state index contributed by atoms with van der Waals surface area (Å²) in [5.74, 6) is -0.765. The van der Waals surface area contributed by atoms with Crippen LogP contribution < -0.4 is 10.2 Å². The maximum atomic E-state index is 13.7. The molecule has 1 atom stereocenters. The van der Waals surface area contributed by atoms with Crippen molar-refractivity contribution in [1.82, 2.24) is 0 Å². The first-order valence-corrected chi connectivity index (χ1v) is 12.2. The Morgan fingerprint density at radius 3 is 2.06 bits per heavy atom. The predicted molar refractivity (Wildman–Crippen MR) is 125 cm³/mol. The molecule has 2 aromatic rings. The van der Waals surface area contributed by atoms with Gasteiger partial charge in [0, 0.05) is 36.6 Å². The smallest absolute Gasteiger partial charge is 0.357 e. The minimum atomic E-state index is -3.58. The summed E-state index contributed by atoms with van der Waals surface area (Å²) in [5.41, 5.74) is 3.11. The average molecular weight is 449 g/mol. The molecule has 0 aromatic heterocycles. The average Bonchev–Trinajstić information content (AvgIpc) is 2.74. The van der Waals surface area contributed by atoms with Crippen LogP contribution in [-0.2, 0) is 13.6 Å². The molecule has 0 fully saturated rings. The van der Waals surface area contributed by atoms with Crippen LogP contribution in [0.4, 0.5) is 17.1 Å². The summed E-state index contributed by atoms with van der Waals surface area (Å²) in [6, 6.07) is 12.3. The number of hydrogen-bond acceptors (Lipinski definition) is 7. The van der Waals surface area contributed by atoms with Gasteiger partial charge in [0.15, 0.2) is 5.78 Å². The van der Waals surface area contributed by atoms with Crippen LogP contribution in [0.1, 0.15) is 44.6 Å². The number of aryl methyl sites for hydroxylation is 1. The molecular formula is C22H32N3O5P. The van der Waals surface area contributed by atoms with Gasteiger partial charge in [0.2, 0.25) is 0 Å². The molecule has 0 aliphatic heterocycles. The first kappa shape index (κ1) is 24.9. The standard InChI is InChI=1S/C22H32N3O5P/c1-6-24(7-2)19-12-10-18(11-13-19)22(31(28,29-8-3)30-9-4)23-21-15-14-20(25(26)27)16-17(21)5/h10-16,22-23H,6-9H2,1-5H3. The van der Waals surface area contributed by atoms with Crippen molar-refractivity contribution in [2.45, 2.75) is 40.4 Å². The van der Waals surface area contributed by atoms with E-state index in [9.17, 15) is 14.7 Å². The number of anilines is 2. The summed E-state index contributed by atoms with van der Waals surface area (Å²) in [5, 5.41) is 14.3. The molecule has 8 nitrogen and oxygen atoms in total. The molecule has 2 aromatic carbocycles. The second-order valence-electron chi connectivity index (χ2n) is 6.94. The topological polar surface area (TPSA) is 93.9 Å². The Kier molecular flexibility index (Phi) is 9.04. The van der Waals surface area contributed by atoms with Gasteiger partial charge in [-0.25, -0.2) is 0 Å². The highest BCUT2D eigenvalue weighted by Gasteiger charge is 2.37. The van der Waals surface area contributed by atoms with E-state index in [0.717, 1.165) is 24.3 Å². The highest BCUT2D eigenvalue weighted by Crippen LogP contribution is 2.61. The highest BCUT2D eigenvalue weighted by molar-refractivity contribution is 7.54. The van der Waals surface area contributed by atoms with E-state index in [-0.39, 0.29) is 18.9 Å². The van der Waals surface area contributed by atoms with Crippen molar-refractivity contribution in [1.29, 1.82) is 0 Å². The van der Waals surface area contributed by atoms with Crippen molar-refractivity contribution < 1.29 is 18.5 Å². The van der Waals surface area contributed by atoms with Crippen LogP contribution >= 0.6 is 7.60 Å². The van der Waals surface area contributed by atoms with E-state index in [4.69, 9.17) is 9.05 Å². The van der Waals surface area contributed by atoms with Crippen molar-refractivity contribution in [3.8, 4) is 0 Å². The third-order valence-electron chi connectivity index (χ3n) is 4.98. The summed E-state index contributed by atoms with van der Waals surface area (Å²) >= 11 is 0. The first-order chi connectivity index (χ1) is 14.8. The van der Waals surface area contributed by atoms with Gasteiger partial charge in [0.1, 0.15) is 0 Å². The zero-order valence-electron chi connectivity index (χ0n) is 18.8. The Morgan fingerprint density at radius 2 is 1.61 bits per heavy atom. The van der Waals surface area contributed by atoms with Crippen LogP contribution in [0, 0.1) is 17.0 Å². The lowest BCUT2D eigenvalue weighted by molar-refractivity contribution is -0.384. The van der Waals surface area contributed by atoms with E-state index in [2.05, 4.69) is 24.1 Å². The van der Waals surface area contributed by atoms with Crippen molar-refractivity contribution >= 4 is 24.7 Å². The van der Waals surface area contributed by atoms with E-state index < -0.39 is 18.3 Å². The lowest BCUT2D eigenvalue weighted by Gasteiger charge is -2.29. The van der Waals surface area contributed by atoms with Crippen LogP contribution in [0.25, 0.3) is 0 Å². The van der Waals surface area contributed by atoms with Gasteiger partial charge in [-0.2, -0.15) is 0 Å². The number of nitro benzene ring substituents is 1. The minimum absolute atomic E-state index is 0.000902. The first-order valence-electron chi connectivity index (χ1n) is 10.5. The summed E-state index contributed by atoms with van der Waals surface area (Å²) in [4.78, 5) is 12.9. The Morgan fingerprint density at radius 1 is 1.03 bits per heavy atom. The SMILES string of the molecule is CCOP(=O)(OCC)C(Nc1ccc([N+](=O)[O-])cc1C)c1ccc(N(CC)CC)cc1. The van der Waals surface area contributed by atoms with E-state index >= 15 is 0 Å². The second-order valence-corrected chi connectivity index (χ2v) is 9.05. The van der Waals surface area contributed by atoms with Gasteiger partial charge in [0.25, 0.3) is 5.69 Å². The second kappa shape index (κ2) is 11.3. The molecule has 170 valence electrons. The predicted octanol–water partition coefficient (Wildman–Crippen LogP) is 6.13. The van der Waals surface area contributed by atoms with Crippen molar-refractivity contribution in [3.05, 3.63) is 63.7 Å². The number of non-ortho nitro benzene ring substituents is 1. The minimum Gasteiger partial charge on any atom is -0.372 e. The number of benzene rings is 2. The molecule has 0 saturated heterocycles. The van der Waals surface area contributed by atoms with Gasteiger partial charge >= 0.3 is 7.60 Å². The number of rotatable bonds is 12. The molecule has 0 heterocycles. The third kappa shape index (κ3) is 6.06. The molecule has 9 heteroatoms. The number of nitrogens with one attached hydrogen (secondary N) is 1. The fourth-order valence-corrected chi connectivity index (χ4v) is 5.34. The van der Waals surface area contributed by atoms with Crippen molar-refractivity contribution in [2.75, 3.05) is 36.5 Å². The quantitative estimate of drug-likeness (QED) is 0.237. The highest BCUT2D eigenvalue weighted by atomic mass is 31.2. The zero-order valence-corrected chi connectivity index (χ0v) is 19.7. The molecule has 31 heavy (non-hydrogen) atoms. The molecule has 0 spiro atoms. The van der Waals surface area contributed by atoms with Crippen LogP contribution in [-0.4, -0.2) is 31.2 Å². The Hall–Kier alpha value is -2.41. The summed E-state index contributed by atoms with van der Waals surface area (Å²) < 4.78 is 25.0. The monoisotopic (exact) mass is 449 g/mol. The summed E-state index contributed by atoms with van der Waals surface area (Å²) in [6.07, 6.45) is 0. The van der Waals surface area contributed by atoms with Gasteiger partial charge in [-0.1, -0.05) is 12.1 Å². The van der Waals surface area contributed by atoms with E-state index in [1.165, 1.54) is 12.1 Å². The molecular weight excluding hydrogens is 417 g/mol. The molecule has 0 saturated carbocycles. The Bertz CT molecular complexity index is 906. The molecule has 0 amide bonds. The molecule has 0 radical (unpaired) electrons. The van der Waals surface area contributed by atoms with E-state index in [0.29, 0.717) is 11.3 Å². The maximum absolute atomic E-state index is 13.7. The summed E-state index contributed by atoms with van der Waals surface area (Å²) in [6.45, 7) is 11.7. The number of hydrogen-bond donors (Lipinski definition) is 1. The van der Waals surface area contributed by atoms with Crippen LogP contribution in [0.5, 0.6) is 0 Å². The lowest BCUT2D eigenvalue weighted by Crippen LogP contribution is -2.22. The molecule has 1 N–H and O–H groups in total. The number of nitro groups is 1. The Balaban J connectivity index is 2.49. The fourth-order valence-electron chi connectivity index (χ4n) is 3.42. The fraction of sp³-hybridized carbons (Fsp3) is 0.455. The van der Waals surface area contributed by atoms with Gasteiger partial charge in [-0.05, 0) is 63.9 Å². The van der Waals surface area contributed by atoms with Crippen molar-refractivity contribution in [2.24, 2.45) is 0 Å². The number of nitrogens with zero attached hydrogens (tertiary/aromatic N) is 2. The summed E-state index contributed by atoms with van der Waals surface area (Å²) in [7, 11) is -3.58. The molecule has 0 aliphatic rings. The van der Waals surface area contributed by atoms with Gasteiger partial charge in [0.05, 0.1) is 18.1 Å². The van der Waals surface area contributed by atoms with Crippen LogP contribution in [0.3, 0.4) is 0 Å². The third-order valence-corrected chi connectivity index (χ3v) is 7.28. The van der Waals surface area contributed by atoms with Crippen LogP contribution in [0.15, 0.2) is 42.5 Å². The molecule has 1 unspecified atom stereocenters. The zero-order chi connectivity index (χ0) is 23.0. The maximum Gasteiger partial charge on any atom is 0.357 e. The van der Waals surface area contributed by atoms with E-state index in [1.54, 1.807) is 26.8 Å². The molecule has 2 rings (SSSR count). The normalized spacial score (nSPS) is 12.4. The van der Waals surface area contributed by atoms with Crippen LogP contribution in [0.2, 0.25) is 0 Å². The van der Waals surface area contributed by atoms with Gasteiger partial charge < -0.3 is 19.3 Å².